The molecule has 20 heavy (non-hydrogen) atoms. The van der Waals surface area contributed by atoms with Crippen LogP contribution < -0.4 is 20.1 Å². The molecule has 0 saturated carbocycles. The molecule has 2 rings (SSSR count). The van der Waals surface area contributed by atoms with E-state index in [2.05, 4.69) is 24.5 Å². The van der Waals surface area contributed by atoms with Crippen LogP contribution in [0.15, 0.2) is 18.2 Å². The molecule has 0 aromatic heterocycles. The van der Waals surface area contributed by atoms with Gasteiger partial charge in [-0.05, 0) is 24.5 Å². The Bertz CT molecular complexity index is 460. The molecule has 0 atom stereocenters. The highest BCUT2D eigenvalue weighted by molar-refractivity contribution is 5.80. The predicted molar refractivity (Wildman–Crippen MR) is 78.4 cm³/mol. The molecule has 1 heterocycles. The molecular weight excluding hydrogens is 256 g/mol. The fourth-order valence-electron chi connectivity index (χ4n) is 1.90. The molecule has 1 aliphatic heterocycles. The second kappa shape index (κ2) is 7.03. The largest absolute Gasteiger partial charge is 0.486 e. The van der Waals surface area contributed by atoms with Crippen LogP contribution in [-0.2, 0) is 4.79 Å². The van der Waals surface area contributed by atoms with E-state index in [1.54, 1.807) is 0 Å². The average molecular weight is 278 g/mol. The number of hydrogen-bond donors (Lipinski definition) is 2. The van der Waals surface area contributed by atoms with Crippen molar-refractivity contribution in [2.75, 3.05) is 31.6 Å². The molecule has 110 valence electrons. The van der Waals surface area contributed by atoms with Crippen molar-refractivity contribution in [1.29, 1.82) is 0 Å². The van der Waals surface area contributed by atoms with E-state index in [0.29, 0.717) is 19.1 Å². The van der Waals surface area contributed by atoms with E-state index in [1.807, 2.05) is 18.2 Å². The Morgan fingerprint density at radius 2 is 2.00 bits per heavy atom. The van der Waals surface area contributed by atoms with Crippen LogP contribution in [0.5, 0.6) is 11.5 Å². The number of anilines is 1. The number of fused-ring (bicyclic) bond motifs is 1. The number of nitrogens with one attached hydrogen (secondary N) is 2. The van der Waals surface area contributed by atoms with Gasteiger partial charge in [0.15, 0.2) is 11.5 Å². The Kier molecular flexibility index (Phi) is 5.09. The molecular formula is C15H22N2O3. The summed E-state index contributed by atoms with van der Waals surface area (Å²) in [6.45, 7) is 6.40. The van der Waals surface area contributed by atoms with Crippen LogP contribution in [0.1, 0.15) is 20.3 Å². The monoisotopic (exact) mass is 278 g/mol. The molecule has 1 amide bonds. The number of amides is 1. The first-order chi connectivity index (χ1) is 9.65. The zero-order chi connectivity index (χ0) is 14.4. The maximum atomic E-state index is 11.7. The summed E-state index contributed by atoms with van der Waals surface area (Å²) in [6, 6.07) is 5.60. The lowest BCUT2D eigenvalue weighted by Crippen LogP contribution is -2.31. The summed E-state index contributed by atoms with van der Waals surface area (Å²) in [5.74, 6) is 2.08. The van der Waals surface area contributed by atoms with Gasteiger partial charge >= 0.3 is 0 Å². The highest BCUT2D eigenvalue weighted by Crippen LogP contribution is 2.32. The van der Waals surface area contributed by atoms with Crippen LogP contribution in [0.3, 0.4) is 0 Å². The van der Waals surface area contributed by atoms with Crippen molar-refractivity contribution in [3.63, 3.8) is 0 Å². The third kappa shape index (κ3) is 4.33. The molecule has 1 aromatic rings. The van der Waals surface area contributed by atoms with Crippen LogP contribution in [0, 0.1) is 5.92 Å². The van der Waals surface area contributed by atoms with E-state index < -0.39 is 0 Å². The standard InChI is InChI=1S/C15H22N2O3/c1-11(2)5-6-16-15(18)10-17-12-3-4-13-14(9-12)20-8-7-19-13/h3-4,9,11,17H,5-8,10H2,1-2H3,(H,16,18). The smallest absolute Gasteiger partial charge is 0.239 e. The van der Waals surface area contributed by atoms with Gasteiger partial charge in [0.1, 0.15) is 13.2 Å². The fourth-order valence-corrected chi connectivity index (χ4v) is 1.90. The molecule has 5 heteroatoms. The van der Waals surface area contributed by atoms with Gasteiger partial charge in [-0.15, -0.1) is 0 Å². The Labute approximate surface area is 119 Å². The summed E-state index contributed by atoms with van der Waals surface area (Å²) in [5, 5.41) is 5.97. The van der Waals surface area contributed by atoms with Crippen LogP contribution in [0.25, 0.3) is 0 Å². The van der Waals surface area contributed by atoms with Gasteiger partial charge in [0.05, 0.1) is 6.54 Å². The number of benzene rings is 1. The second-order valence-electron chi connectivity index (χ2n) is 5.24. The summed E-state index contributed by atoms with van der Waals surface area (Å²) < 4.78 is 10.9. The van der Waals surface area contributed by atoms with Gasteiger partial charge in [-0.1, -0.05) is 13.8 Å². The molecule has 0 radical (unpaired) electrons. The van der Waals surface area contributed by atoms with Crippen molar-refractivity contribution < 1.29 is 14.3 Å². The Morgan fingerprint density at radius 1 is 1.25 bits per heavy atom. The van der Waals surface area contributed by atoms with E-state index in [9.17, 15) is 4.79 Å². The molecule has 0 saturated heterocycles. The van der Waals surface area contributed by atoms with Gasteiger partial charge in [-0.2, -0.15) is 0 Å². The first-order valence-corrected chi connectivity index (χ1v) is 7.05. The van der Waals surface area contributed by atoms with Crippen molar-refractivity contribution in [2.45, 2.75) is 20.3 Å². The number of rotatable bonds is 6. The van der Waals surface area contributed by atoms with Gasteiger partial charge in [-0.25, -0.2) is 0 Å². The zero-order valence-electron chi connectivity index (χ0n) is 12.1. The molecule has 0 fully saturated rings. The van der Waals surface area contributed by atoms with Crippen molar-refractivity contribution in [1.82, 2.24) is 5.32 Å². The van der Waals surface area contributed by atoms with E-state index in [4.69, 9.17) is 9.47 Å². The number of hydrogen-bond acceptors (Lipinski definition) is 4. The highest BCUT2D eigenvalue weighted by atomic mass is 16.6. The molecule has 0 aliphatic carbocycles. The molecule has 1 aromatic carbocycles. The van der Waals surface area contributed by atoms with Crippen molar-refractivity contribution in [3.8, 4) is 11.5 Å². The second-order valence-corrected chi connectivity index (χ2v) is 5.24. The summed E-state index contributed by atoms with van der Waals surface area (Å²) in [6.07, 6.45) is 0.996. The number of carbonyl (C=O) groups excluding carboxylic acids is 1. The molecule has 0 bridgehead atoms. The summed E-state index contributed by atoms with van der Waals surface area (Å²) in [4.78, 5) is 11.7. The van der Waals surface area contributed by atoms with Crippen LogP contribution in [0.4, 0.5) is 5.69 Å². The summed E-state index contributed by atoms with van der Waals surface area (Å²) >= 11 is 0. The normalized spacial score (nSPS) is 13.2. The van der Waals surface area contributed by atoms with Crippen LogP contribution in [-0.4, -0.2) is 32.2 Å². The van der Waals surface area contributed by atoms with E-state index in [0.717, 1.165) is 30.2 Å². The molecule has 5 nitrogen and oxygen atoms in total. The third-order valence-electron chi connectivity index (χ3n) is 3.04. The molecule has 0 unspecified atom stereocenters. The van der Waals surface area contributed by atoms with Crippen molar-refractivity contribution in [3.05, 3.63) is 18.2 Å². The lowest BCUT2D eigenvalue weighted by molar-refractivity contribution is -0.119. The number of carbonyl (C=O) groups is 1. The van der Waals surface area contributed by atoms with E-state index in [-0.39, 0.29) is 12.5 Å². The highest BCUT2D eigenvalue weighted by Gasteiger charge is 2.11. The van der Waals surface area contributed by atoms with E-state index in [1.165, 1.54) is 0 Å². The lowest BCUT2D eigenvalue weighted by Gasteiger charge is -2.19. The minimum atomic E-state index is 0.000499. The third-order valence-corrected chi connectivity index (χ3v) is 3.04. The van der Waals surface area contributed by atoms with Crippen molar-refractivity contribution in [2.24, 2.45) is 5.92 Å². The molecule has 2 N–H and O–H groups in total. The Hall–Kier alpha value is -1.91. The maximum Gasteiger partial charge on any atom is 0.239 e. The lowest BCUT2D eigenvalue weighted by atomic mass is 10.1. The first-order valence-electron chi connectivity index (χ1n) is 7.05. The predicted octanol–water partition coefficient (Wildman–Crippen LogP) is 2.03. The SMILES string of the molecule is CC(C)CCNC(=O)CNc1ccc2c(c1)OCCO2. The molecule has 0 spiro atoms. The first kappa shape index (κ1) is 14.5. The van der Waals surface area contributed by atoms with Gasteiger partial charge in [0.25, 0.3) is 0 Å². The van der Waals surface area contributed by atoms with E-state index >= 15 is 0 Å². The number of ether oxygens (including phenoxy) is 2. The van der Waals surface area contributed by atoms with Gasteiger partial charge in [-0.3, -0.25) is 4.79 Å². The van der Waals surface area contributed by atoms with Crippen molar-refractivity contribution >= 4 is 11.6 Å². The maximum absolute atomic E-state index is 11.7. The summed E-state index contributed by atoms with van der Waals surface area (Å²) in [7, 11) is 0. The Balaban J connectivity index is 1.77. The Morgan fingerprint density at radius 3 is 2.75 bits per heavy atom. The van der Waals surface area contributed by atoms with Gasteiger partial charge in [0, 0.05) is 18.3 Å². The van der Waals surface area contributed by atoms with Gasteiger partial charge in [0.2, 0.25) is 5.91 Å². The average Bonchev–Trinajstić information content (AvgIpc) is 2.44. The van der Waals surface area contributed by atoms with Crippen LogP contribution in [0.2, 0.25) is 0 Å². The topological polar surface area (TPSA) is 59.6 Å². The fraction of sp³-hybridized carbons (Fsp3) is 0.533. The minimum absolute atomic E-state index is 0.000499. The zero-order valence-corrected chi connectivity index (χ0v) is 12.1. The summed E-state index contributed by atoms with van der Waals surface area (Å²) in [5.41, 5.74) is 0.855. The minimum Gasteiger partial charge on any atom is -0.486 e. The van der Waals surface area contributed by atoms with Crippen LogP contribution >= 0.6 is 0 Å². The van der Waals surface area contributed by atoms with Gasteiger partial charge < -0.3 is 20.1 Å². The quantitative estimate of drug-likeness (QED) is 0.836. The molecule has 1 aliphatic rings.